The summed E-state index contributed by atoms with van der Waals surface area (Å²) >= 11 is 1.66. The summed E-state index contributed by atoms with van der Waals surface area (Å²) in [5.41, 5.74) is 0.938. The Morgan fingerprint density at radius 2 is 2.14 bits per heavy atom. The molecule has 0 spiro atoms. The molecule has 0 bridgehead atoms. The lowest BCUT2D eigenvalue weighted by Gasteiger charge is -2.34. The number of hydrogen-bond acceptors (Lipinski definition) is 6. The van der Waals surface area contributed by atoms with Gasteiger partial charge in [0, 0.05) is 32.2 Å². The van der Waals surface area contributed by atoms with Crippen LogP contribution in [0.4, 0.5) is 10.6 Å². The van der Waals surface area contributed by atoms with Crippen LogP contribution in [0.5, 0.6) is 0 Å². The number of carbonyl (C=O) groups excluding carboxylic acids is 1. The van der Waals surface area contributed by atoms with Crippen molar-refractivity contribution < 1.29 is 9.53 Å². The Morgan fingerprint density at radius 1 is 1.32 bits per heavy atom. The first-order chi connectivity index (χ1) is 10.8. The highest BCUT2D eigenvalue weighted by Crippen LogP contribution is 2.25. The second-order valence-corrected chi connectivity index (χ2v) is 5.86. The van der Waals surface area contributed by atoms with E-state index in [1.165, 1.54) is 0 Å². The SMILES string of the molecule is CCOC(=O)N1CCN(c2cc(-c3cccs3)ncn2)CC1. The molecule has 1 amide bonds. The molecule has 0 N–H and O–H groups in total. The summed E-state index contributed by atoms with van der Waals surface area (Å²) in [6.07, 6.45) is 1.37. The molecule has 116 valence electrons. The number of thiophene rings is 1. The van der Waals surface area contributed by atoms with Crippen molar-refractivity contribution in [1.82, 2.24) is 14.9 Å². The lowest BCUT2D eigenvalue weighted by molar-refractivity contribution is 0.105. The maximum atomic E-state index is 11.7. The largest absolute Gasteiger partial charge is 0.450 e. The highest BCUT2D eigenvalue weighted by molar-refractivity contribution is 7.13. The number of rotatable bonds is 3. The highest BCUT2D eigenvalue weighted by Gasteiger charge is 2.22. The standard InChI is InChI=1S/C15H18N4O2S/c1-2-21-15(20)19-7-5-18(6-8-19)14-10-12(16-11-17-14)13-4-3-9-22-13/h3-4,9-11H,2,5-8H2,1H3. The van der Waals surface area contributed by atoms with E-state index >= 15 is 0 Å². The smallest absolute Gasteiger partial charge is 0.409 e. The zero-order chi connectivity index (χ0) is 15.4. The molecular formula is C15H18N4O2S. The molecule has 0 unspecified atom stereocenters. The van der Waals surface area contributed by atoms with Crippen LogP contribution in [0.2, 0.25) is 0 Å². The molecule has 0 radical (unpaired) electrons. The number of carbonyl (C=O) groups is 1. The van der Waals surface area contributed by atoms with Crippen LogP contribution < -0.4 is 4.90 Å². The predicted molar refractivity (Wildman–Crippen MR) is 86.2 cm³/mol. The van der Waals surface area contributed by atoms with Gasteiger partial charge in [-0.15, -0.1) is 11.3 Å². The van der Waals surface area contributed by atoms with Crippen LogP contribution in [0.1, 0.15) is 6.92 Å². The van der Waals surface area contributed by atoms with Gasteiger partial charge in [0.15, 0.2) is 0 Å². The summed E-state index contributed by atoms with van der Waals surface area (Å²) < 4.78 is 5.03. The molecule has 1 saturated heterocycles. The van der Waals surface area contributed by atoms with Crippen LogP contribution in [0.25, 0.3) is 10.6 Å². The van der Waals surface area contributed by atoms with Crippen molar-refractivity contribution in [3.8, 4) is 10.6 Å². The molecule has 0 saturated carbocycles. The number of piperazine rings is 1. The van der Waals surface area contributed by atoms with Crippen LogP contribution in [0, 0.1) is 0 Å². The van der Waals surface area contributed by atoms with E-state index in [9.17, 15) is 4.79 Å². The molecule has 3 heterocycles. The van der Waals surface area contributed by atoms with Gasteiger partial charge in [-0.05, 0) is 18.4 Å². The lowest BCUT2D eigenvalue weighted by atomic mass is 10.3. The maximum absolute atomic E-state index is 11.7. The second-order valence-electron chi connectivity index (χ2n) is 4.91. The summed E-state index contributed by atoms with van der Waals surface area (Å²) in [5, 5.41) is 2.04. The van der Waals surface area contributed by atoms with Gasteiger partial charge >= 0.3 is 6.09 Å². The molecule has 0 aromatic carbocycles. The number of ether oxygens (including phenoxy) is 1. The molecular weight excluding hydrogens is 300 g/mol. The van der Waals surface area contributed by atoms with Crippen molar-refractivity contribution in [3.05, 3.63) is 29.9 Å². The van der Waals surface area contributed by atoms with Crippen LogP contribution in [-0.4, -0.2) is 53.7 Å². The normalized spacial score (nSPS) is 15.0. The summed E-state index contributed by atoms with van der Waals surface area (Å²) in [6, 6.07) is 6.07. The van der Waals surface area contributed by atoms with E-state index in [1.807, 2.05) is 24.4 Å². The minimum atomic E-state index is -0.232. The van der Waals surface area contributed by atoms with Gasteiger partial charge in [0.1, 0.15) is 12.1 Å². The second kappa shape index (κ2) is 6.74. The molecule has 7 heteroatoms. The Labute approximate surface area is 133 Å². The van der Waals surface area contributed by atoms with E-state index in [4.69, 9.17) is 4.74 Å². The predicted octanol–water partition coefficient (Wildman–Crippen LogP) is 2.48. The third kappa shape index (κ3) is 3.19. The maximum Gasteiger partial charge on any atom is 0.409 e. The minimum absolute atomic E-state index is 0.232. The summed E-state index contributed by atoms with van der Waals surface area (Å²) in [4.78, 5) is 25.5. The molecule has 1 aliphatic rings. The highest BCUT2D eigenvalue weighted by atomic mass is 32.1. The fourth-order valence-corrected chi connectivity index (χ4v) is 3.11. The van der Waals surface area contributed by atoms with Gasteiger partial charge in [-0.1, -0.05) is 6.07 Å². The molecule has 6 nitrogen and oxygen atoms in total. The fraction of sp³-hybridized carbons (Fsp3) is 0.400. The Morgan fingerprint density at radius 3 is 2.82 bits per heavy atom. The van der Waals surface area contributed by atoms with Gasteiger partial charge < -0.3 is 14.5 Å². The van der Waals surface area contributed by atoms with Crippen molar-refractivity contribution in [2.45, 2.75) is 6.92 Å². The first-order valence-corrected chi connectivity index (χ1v) is 8.18. The van der Waals surface area contributed by atoms with Crippen LogP contribution >= 0.6 is 11.3 Å². The van der Waals surface area contributed by atoms with E-state index in [0.29, 0.717) is 19.7 Å². The number of amides is 1. The Bertz CT molecular complexity index is 624. The van der Waals surface area contributed by atoms with Gasteiger partial charge in [0.05, 0.1) is 17.2 Å². The molecule has 1 aliphatic heterocycles. The van der Waals surface area contributed by atoms with E-state index in [0.717, 1.165) is 29.5 Å². The number of anilines is 1. The van der Waals surface area contributed by atoms with Crippen molar-refractivity contribution in [1.29, 1.82) is 0 Å². The molecule has 3 rings (SSSR count). The average Bonchev–Trinajstić information content (AvgIpc) is 3.10. The van der Waals surface area contributed by atoms with Crippen LogP contribution in [0.3, 0.4) is 0 Å². The molecule has 2 aromatic rings. The Kier molecular flexibility index (Phi) is 4.53. The Balaban J connectivity index is 1.66. The fourth-order valence-electron chi connectivity index (χ4n) is 2.41. The zero-order valence-corrected chi connectivity index (χ0v) is 13.3. The number of aromatic nitrogens is 2. The summed E-state index contributed by atoms with van der Waals surface area (Å²) in [6.45, 7) is 5.03. The first-order valence-electron chi connectivity index (χ1n) is 7.30. The van der Waals surface area contributed by atoms with Crippen molar-refractivity contribution in [3.63, 3.8) is 0 Å². The van der Waals surface area contributed by atoms with Gasteiger partial charge in [0.2, 0.25) is 0 Å². The number of hydrogen-bond donors (Lipinski definition) is 0. The third-order valence-corrected chi connectivity index (χ3v) is 4.45. The van der Waals surface area contributed by atoms with Gasteiger partial charge in [-0.2, -0.15) is 0 Å². The topological polar surface area (TPSA) is 58.6 Å². The van der Waals surface area contributed by atoms with Gasteiger partial charge in [-0.3, -0.25) is 0 Å². The summed E-state index contributed by atoms with van der Waals surface area (Å²) in [5.74, 6) is 0.905. The van der Waals surface area contributed by atoms with Crippen LogP contribution in [-0.2, 0) is 4.74 Å². The van der Waals surface area contributed by atoms with E-state index in [-0.39, 0.29) is 6.09 Å². The van der Waals surface area contributed by atoms with E-state index in [1.54, 1.807) is 22.6 Å². The molecule has 0 aliphatic carbocycles. The van der Waals surface area contributed by atoms with E-state index < -0.39 is 0 Å². The number of nitrogens with zero attached hydrogens (tertiary/aromatic N) is 4. The van der Waals surface area contributed by atoms with Crippen molar-refractivity contribution in [2.24, 2.45) is 0 Å². The van der Waals surface area contributed by atoms with Crippen molar-refractivity contribution in [2.75, 3.05) is 37.7 Å². The average molecular weight is 318 g/mol. The van der Waals surface area contributed by atoms with Crippen LogP contribution in [0.15, 0.2) is 29.9 Å². The molecule has 1 fully saturated rings. The molecule has 0 atom stereocenters. The van der Waals surface area contributed by atoms with Crippen molar-refractivity contribution >= 4 is 23.2 Å². The van der Waals surface area contributed by atoms with E-state index in [2.05, 4.69) is 20.9 Å². The first kappa shape index (κ1) is 14.8. The molecule has 2 aromatic heterocycles. The lowest BCUT2D eigenvalue weighted by Crippen LogP contribution is -2.49. The van der Waals surface area contributed by atoms with Gasteiger partial charge in [-0.25, -0.2) is 14.8 Å². The Hall–Kier alpha value is -2.15. The quantitative estimate of drug-likeness (QED) is 0.870. The van der Waals surface area contributed by atoms with Gasteiger partial charge in [0.25, 0.3) is 0 Å². The minimum Gasteiger partial charge on any atom is -0.450 e. The monoisotopic (exact) mass is 318 g/mol. The molecule has 22 heavy (non-hydrogen) atoms. The third-order valence-electron chi connectivity index (χ3n) is 3.56. The summed E-state index contributed by atoms with van der Waals surface area (Å²) in [7, 11) is 0. The zero-order valence-electron chi connectivity index (χ0n) is 12.4.